The van der Waals surface area contributed by atoms with Crippen molar-refractivity contribution in [2.24, 2.45) is 0 Å². The van der Waals surface area contributed by atoms with Gasteiger partial charge in [0.1, 0.15) is 5.75 Å². The van der Waals surface area contributed by atoms with Gasteiger partial charge < -0.3 is 20.3 Å². The van der Waals surface area contributed by atoms with Crippen molar-refractivity contribution < 1.29 is 19.5 Å². The molecule has 0 saturated heterocycles. The zero-order valence-corrected chi connectivity index (χ0v) is 18.1. The minimum atomic E-state index is -0.981. The van der Waals surface area contributed by atoms with Crippen molar-refractivity contribution in [2.45, 2.75) is 19.3 Å². The molecule has 0 bridgehead atoms. The summed E-state index contributed by atoms with van der Waals surface area (Å²) in [5.74, 6) is 0.186. The predicted octanol–water partition coefficient (Wildman–Crippen LogP) is 2.70. The molecule has 0 aliphatic rings. The minimum absolute atomic E-state index is 0.250. The van der Waals surface area contributed by atoms with Gasteiger partial charge in [-0.3, -0.25) is 20.3 Å². The molecule has 162 valence electrons. The lowest BCUT2D eigenvalue weighted by molar-refractivity contribution is -0.120. The van der Waals surface area contributed by atoms with E-state index in [2.05, 4.69) is 16.1 Å². The van der Waals surface area contributed by atoms with Gasteiger partial charge in [0.05, 0.1) is 18.2 Å². The number of methoxy groups -OCH3 is 1. The lowest BCUT2D eigenvalue weighted by Crippen LogP contribution is -2.35. The van der Waals surface area contributed by atoms with Crippen LogP contribution in [0.3, 0.4) is 0 Å². The largest absolute Gasteiger partial charge is 0.497 e. The molecule has 0 spiro atoms. The molecule has 2 aromatic rings. The van der Waals surface area contributed by atoms with E-state index >= 15 is 0 Å². The Morgan fingerprint density at radius 1 is 1.10 bits per heavy atom. The molecule has 0 fully saturated rings. The lowest BCUT2D eigenvalue weighted by atomic mass is 9.82. The zero-order chi connectivity index (χ0) is 22.3. The Balaban J connectivity index is 2.18. The van der Waals surface area contributed by atoms with E-state index in [1.807, 2.05) is 19.0 Å². The van der Waals surface area contributed by atoms with E-state index in [1.165, 1.54) is 6.07 Å². The Kier molecular flexibility index (Phi) is 7.79. The van der Waals surface area contributed by atoms with Crippen molar-refractivity contribution in [1.82, 2.24) is 10.2 Å². The number of carbonyl (C=O) groups excluding carboxylic acids is 2. The van der Waals surface area contributed by atoms with E-state index < -0.39 is 5.41 Å². The van der Waals surface area contributed by atoms with Gasteiger partial charge in [-0.05, 0) is 69.9 Å². The average molecular weight is 415 g/mol. The number of carbonyl (C=O) groups is 2. The summed E-state index contributed by atoms with van der Waals surface area (Å²) < 4.78 is 5.12. The summed E-state index contributed by atoms with van der Waals surface area (Å²) in [6, 6.07) is 11.9. The highest BCUT2D eigenvalue weighted by atomic mass is 16.5. The highest BCUT2D eigenvalue weighted by molar-refractivity contribution is 6.00. The van der Waals surface area contributed by atoms with Crippen LogP contribution in [0.15, 0.2) is 42.5 Å². The van der Waals surface area contributed by atoms with Gasteiger partial charge in [0.15, 0.2) is 0 Å². The molecule has 2 rings (SSSR count). The highest BCUT2D eigenvalue weighted by Crippen LogP contribution is 2.32. The van der Waals surface area contributed by atoms with E-state index in [0.29, 0.717) is 41.3 Å². The molecule has 0 aromatic heterocycles. The van der Waals surface area contributed by atoms with E-state index in [0.717, 1.165) is 0 Å². The molecule has 8 nitrogen and oxygen atoms in total. The van der Waals surface area contributed by atoms with Crippen LogP contribution in [0.2, 0.25) is 0 Å². The molecule has 0 atom stereocenters. The Labute approximate surface area is 177 Å². The summed E-state index contributed by atoms with van der Waals surface area (Å²) in [5.41, 5.74) is 3.01. The van der Waals surface area contributed by atoms with Gasteiger partial charge in [0, 0.05) is 24.3 Å². The summed E-state index contributed by atoms with van der Waals surface area (Å²) in [7, 11) is 5.42. The Morgan fingerprint density at radius 2 is 1.77 bits per heavy atom. The third-order valence-electron chi connectivity index (χ3n) is 4.84. The molecular weight excluding hydrogens is 384 g/mol. The fourth-order valence-corrected chi connectivity index (χ4v) is 2.90. The first-order chi connectivity index (χ1) is 14.2. The van der Waals surface area contributed by atoms with Crippen LogP contribution in [0.5, 0.6) is 5.75 Å². The van der Waals surface area contributed by atoms with Crippen molar-refractivity contribution in [2.75, 3.05) is 45.1 Å². The maximum atomic E-state index is 12.9. The van der Waals surface area contributed by atoms with Gasteiger partial charge in [0.25, 0.3) is 5.91 Å². The Hall–Kier alpha value is -3.10. The number of amides is 2. The standard InChI is InChI=1S/C22H30N4O4/c1-22(2,21(28)24-16-7-9-17(30-5)10-8-16)18-11-6-15(14-19(18)25-29)20(27)23-12-13-26(3)4/h6-11,14,25,29H,12-13H2,1-5H3,(H,23,27)(H,24,28). The first-order valence-electron chi connectivity index (χ1n) is 9.62. The Morgan fingerprint density at radius 3 is 2.33 bits per heavy atom. The second-order valence-corrected chi connectivity index (χ2v) is 7.74. The molecule has 0 aliphatic heterocycles. The zero-order valence-electron chi connectivity index (χ0n) is 18.1. The van der Waals surface area contributed by atoms with Crippen molar-refractivity contribution in [1.29, 1.82) is 0 Å². The van der Waals surface area contributed by atoms with E-state index in [9.17, 15) is 14.8 Å². The van der Waals surface area contributed by atoms with E-state index in [-0.39, 0.29) is 11.8 Å². The summed E-state index contributed by atoms with van der Waals surface area (Å²) in [6.45, 7) is 4.72. The topological polar surface area (TPSA) is 103 Å². The quantitative estimate of drug-likeness (QED) is 0.471. The molecule has 2 amide bonds. The number of hydrogen-bond acceptors (Lipinski definition) is 6. The van der Waals surface area contributed by atoms with Crippen LogP contribution >= 0.6 is 0 Å². The molecule has 0 aliphatic carbocycles. The number of nitrogens with zero attached hydrogens (tertiary/aromatic N) is 1. The number of nitrogens with one attached hydrogen (secondary N) is 3. The summed E-state index contributed by atoms with van der Waals surface area (Å²) >= 11 is 0. The number of rotatable bonds is 9. The average Bonchev–Trinajstić information content (AvgIpc) is 2.73. The molecule has 8 heteroatoms. The number of hydrogen-bond donors (Lipinski definition) is 4. The monoisotopic (exact) mass is 414 g/mol. The van der Waals surface area contributed by atoms with Crippen LogP contribution in [0.25, 0.3) is 0 Å². The maximum Gasteiger partial charge on any atom is 0.251 e. The number of anilines is 2. The predicted molar refractivity (Wildman–Crippen MR) is 117 cm³/mol. The van der Waals surface area contributed by atoms with Crippen LogP contribution in [0.1, 0.15) is 29.8 Å². The second kappa shape index (κ2) is 10.1. The van der Waals surface area contributed by atoms with Crippen LogP contribution in [-0.2, 0) is 10.2 Å². The van der Waals surface area contributed by atoms with Crippen molar-refractivity contribution >= 4 is 23.2 Å². The second-order valence-electron chi connectivity index (χ2n) is 7.74. The van der Waals surface area contributed by atoms with E-state index in [4.69, 9.17) is 4.74 Å². The lowest BCUT2D eigenvalue weighted by Gasteiger charge is -2.26. The third kappa shape index (κ3) is 5.71. The summed E-state index contributed by atoms with van der Waals surface area (Å²) in [5, 5.41) is 15.3. The number of benzene rings is 2. The number of likely N-dealkylation sites (N-methyl/N-ethyl adjacent to an activating group) is 1. The van der Waals surface area contributed by atoms with Gasteiger partial charge in [-0.25, -0.2) is 0 Å². The molecule has 4 N–H and O–H groups in total. The molecular formula is C22H30N4O4. The molecule has 0 unspecified atom stereocenters. The number of ether oxygens (including phenoxy) is 1. The van der Waals surface area contributed by atoms with Crippen molar-refractivity contribution in [3.05, 3.63) is 53.6 Å². The fourth-order valence-electron chi connectivity index (χ4n) is 2.90. The van der Waals surface area contributed by atoms with Crippen molar-refractivity contribution in [3.63, 3.8) is 0 Å². The highest BCUT2D eigenvalue weighted by Gasteiger charge is 2.32. The van der Waals surface area contributed by atoms with Crippen LogP contribution in [0.4, 0.5) is 11.4 Å². The van der Waals surface area contributed by atoms with Crippen LogP contribution in [0, 0.1) is 0 Å². The first-order valence-corrected chi connectivity index (χ1v) is 9.62. The summed E-state index contributed by atoms with van der Waals surface area (Å²) in [6.07, 6.45) is 0. The summed E-state index contributed by atoms with van der Waals surface area (Å²) in [4.78, 5) is 27.3. The van der Waals surface area contributed by atoms with Crippen molar-refractivity contribution in [3.8, 4) is 5.75 Å². The first kappa shape index (κ1) is 23.2. The van der Waals surface area contributed by atoms with Gasteiger partial charge in [-0.15, -0.1) is 0 Å². The molecule has 2 aromatic carbocycles. The van der Waals surface area contributed by atoms with Gasteiger partial charge >= 0.3 is 0 Å². The third-order valence-corrected chi connectivity index (χ3v) is 4.84. The minimum Gasteiger partial charge on any atom is -0.497 e. The molecule has 30 heavy (non-hydrogen) atoms. The van der Waals surface area contributed by atoms with Gasteiger partial charge in [-0.1, -0.05) is 6.07 Å². The molecule has 0 heterocycles. The smallest absolute Gasteiger partial charge is 0.251 e. The fraction of sp³-hybridized carbons (Fsp3) is 0.364. The molecule has 0 radical (unpaired) electrons. The van der Waals surface area contributed by atoms with Crippen LogP contribution in [-0.4, -0.2) is 56.2 Å². The maximum absolute atomic E-state index is 12.9. The normalized spacial score (nSPS) is 11.2. The van der Waals surface area contributed by atoms with Gasteiger partial charge in [0.2, 0.25) is 5.91 Å². The Bertz CT molecular complexity index is 879. The van der Waals surface area contributed by atoms with E-state index in [1.54, 1.807) is 57.4 Å². The SMILES string of the molecule is COc1ccc(NC(=O)C(C)(C)c2ccc(C(=O)NCCN(C)C)cc2NO)cc1. The van der Waals surface area contributed by atoms with Crippen LogP contribution < -0.4 is 20.9 Å². The molecule has 0 saturated carbocycles. The van der Waals surface area contributed by atoms with Gasteiger partial charge in [-0.2, -0.15) is 0 Å².